The van der Waals surface area contributed by atoms with Crippen LogP contribution in [0.4, 0.5) is 4.39 Å². The van der Waals surface area contributed by atoms with E-state index in [4.69, 9.17) is 58.0 Å². The molecule has 0 aliphatic heterocycles. The maximum absolute atomic E-state index is 12.6. The van der Waals surface area contributed by atoms with E-state index in [1.54, 1.807) is 0 Å². The summed E-state index contributed by atoms with van der Waals surface area (Å²) in [6.45, 7) is 0. The van der Waals surface area contributed by atoms with Crippen molar-refractivity contribution < 1.29 is 4.39 Å². The van der Waals surface area contributed by atoms with Crippen LogP contribution >= 0.6 is 58.0 Å². The summed E-state index contributed by atoms with van der Waals surface area (Å²) in [7, 11) is 0. The standard InChI is InChI=1S/C5Cl5FN2/c6-1-2(5(8,9)10)12-4(11)13-3(1)7. The molecular formula is C5Cl5FN2. The maximum atomic E-state index is 12.6. The molecule has 1 rings (SSSR count). The topological polar surface area (TPSA) is 25.8 Å². The van der Waals surface area contributed by atoms with Crippen LogP contribution in [0.5, 0.6) is 0 Å². The SMILES string of the molecule is Fc1nc(Cl)c(Cl)c(C(Cl)(Cl)Cl)n1. The van der Waals surface area contributed by atoms with Crippen LogP contribution in [0.3, 0.4) is 0 Å². The van der Waals surface area contributed by atoms with E-state index in [1.165, 1.54) is 0 Å². The molecule has 1 aromatic rings. The lowest BCUT2D eigenvalue weighted by atomic mass is 10.4. The number of rotatable bonds is 0. The van der Waals surface area contributed by atoms with Gasteiger partial charge in [0.25, 0.3) is 0 Å². The second-order valence-electron chi connectivity index (χ2n) is 1.94. The van der Waals surface area contributed by atoms with Crippen LogP contribution < -0.4 is 0 Å². The quantitative estimate of drug-likeness (QED) is 0.412. The van der Waals surface area contributed by atoms with E-state index in [1.807, 2.05) is 0 Å². The Balaban J connectivity index is 3.37. The molecule has 0 bridgehead atoms. The lowest BCUT2D eigenvalue weighted by molar-refractivity contribution is 0.533. The van der Waals surface area contributed by atoms with Gasteiger partial charge in [-0.2, -0.15) is 9.37 Å². The molecule has 0 amide bonds. The van der Waals surface area contributed by atoms with Gasteiger partial charge in [-0.25, -0.2) is 4.98 Å². The number of hydrogen-bond donors (Lipinski definition) is 0. The molecule has 1 aromatic heterocycles. The minimum Gasteiger partial charge on any atom is -0.201 e. The summed E-state index contributed by atoms with van der Waals surface area (Å²) in [5.41, 5.74) is -0.281. The fourth-order valence-corrected chi connectivity index (χ4v) is 1.52. The third-order valence-corrected chi connectivity index (χ3v) is 2.32. The molecule has 0 radical (unpaired) electrons. The van der Waals surface area contributed by atoms with Crippen molar-refractivity contribution in [1.29, 1.82) is 0 Å². The zero-order valence-electron chi connectivity index (χ0n) is 5.66. The van der Waals surface area contributed by atoms with Gasteiger partial charge in [0, 0.05) is 0 Å². The van der Waals surface area contributed by atoms with E-state index in [0.29, 0.717) is 0 Å². The van der Waals surface area contributed by atoms with Gasteiger partial charge in [-0.1, -0.05) is 58.0 Å². The lowest BCUT2D eigenvalue weighted by Gasteiger charge is -2.11. The third kappa shape index (κ3) is 2.70. The van der Waals surface area contributed by atoms with Gasteiger partial charge in [-0.05, 0) is 0 Å². The van der Waals surface area contributed by atoms with E-state index in [2.05, 4.69) is 9.97 Å². The number of nitrogens with zero attached hydrogens (tertiary/aromatic N) is 2. The van der Waals surface area contributed by atoms with Gasteiger partial charge in [-0.3, -0.25) is 0 Å². The Morgan fingerprint density at radius 1 is 1.08 bits per heavy atom. The first-order chi connectivity index (χ1) is 5.82. The first kappa shape index (κ1) is 11.5. The first-order valence-corrected chi connectivity index (χ1v) is 4.67. The average Bonchev–Trinajstić information content (AvgIpc) is 1.94. The van der Waals surface area contributed by atoms with E-state index in [0.717, 1.165) is 0 Å². The number of hydrogen-bond acceptors (Lipinski definition) is 2. The maximum Gasteiger partial charge on any atom is 0.310 e. The minimum absolute atomic E-state index is 0.178. The van der Waals surface area contributed by atoms with Gasteiger partial charge >= 0.3 is 6.08 Å². The zero-order chi connectivity index (χ0) is 10.2. The van der Waals surface area contributed by atoms with Crippen molar-refractivity contribution in [3.63, 3.8) is 0 Å². The molecule has 0 saturated carbocycles. The number of alkyl halides is 3. The Morgan fingerprint density at radius 2 is 1.62 bits per heavy atom. The van der Waals surface area contributed by atoms with E-state index in [9.17, 15) is 4.39 Å². The van der Waals surface area contributed by atoms with E-state index >= 15 is 0 Å². The summed E-state index contributed by atoms with van der Waals surface area (Å²) in [5.74, 6) is 0. The summed E-state index contributed by atoms with van der Waals surface area (Å²) in [4.78, 5) is 6.34. The highest BCUT2D eigenvalue weighted by molar-refractivity contribution is 6.67. The van der Waals surface area contributed by atoms with Crippen molar-refractivity contribution >= 4 is 58.0 Å². The predicted octanol–water partition coefficient (Wildman–Crippen LogP) is 3.75. The Kier molecular flexibility index (Phi) is 3.47. The van der Waals surface area contributed by atoms with Crippen LogP contribution in [0.25, 0.3) is 0 Å². The second-order valence-corrected chi connectivity index (χ2v) is 4.96. The molecule has 0 saturated heterocycles. The van der Waals surface area contributed by atoms with Crippen LogP contribution in [0.1, 0.15) is 5.69 Å². The predicted molar refractivity (Wildman–Crippen MR) is 51.2 cm³/mol. The highest BCUT2D eigenvalue weighted by Gasteiger charge is 2.30. The van der Waals surface area contributed by atoms with Crippen LogP contribution in [0, 0.1) is 6.08 Å². The molecule has 0 aliphatic carbocycles. The third-order valence-electron chi connectivity index (χ3n) is 1.05. The Labute approximate surface area is 97.9 Å². The normalized spacial score (nSPS) is 11.8. The molecule has 0 N–H and O–H groups in total. The van der Waals surface area contributed by atoms with Crippen LogP contribution in [-0.2, 0) is 3.79 Å². The molecule has 2 nitrogen and oxygen atoms in total. The fraction of sp³-hybridized carbons (Fsp3) is 0.200. The molecule has 13 heavy (non-hydrogen) atoms. The Hall–Kier alpha value is 0.460. The summed E-state index contributed by atoms with van der Waals surface area (Å²) in [6, 6.07) is 0. The average molecular weight is 284 g/mol. The van der Waals surface area contributed by atoms with Crippen LogP contribution in [-0.4, -0.2) is 9.97 Å². The monoisotopic (exact) mass is 282 g/mol. The second kappa shape index (κ2) is 3.91. The molecule has 1 heterocycles. The molecule has 0 aliphatic rings. The highest BCUT2D eigenvalue weighted by atomic mass is 35.6. The molecule has 72 valence electrons. The molecular weight excluding hydrogens is 284 g/mol. The van der Waals surface area contributed by atoms with Crippen molar-refractivity contribution in [3.8, 4) is 0 Å². The largest absolute Gasteiger partial charge is 0.310 e. The van der Waals surface area contributed by atoms with Crippen molar-refractivity contribution in [2.45, 2.75) is 3.79 Å². The van der Waals surface area contributed by atoms with Gasteiger partial charge in [-0.15, -0.1) is 0 Å². The molecule has 8 heteroatoms. The van der Waals surface area contributed by atoms with Gasteiger partial charge in [0.15, 0.2) is 5.15 Å². The molecule has 0 spiro atoms. The van der Waals surface area contributed by atoms with Gasteiger partial charge in [0.05, 0.1) is 0 Å². The van der Waals surface area contributed by atoms with Crippen molar-refractivity contribution in [3.05, 3.63) is 21.9 Å². The molecule has 0 atom stereocenters. The van der Waals surface area contributed by atoms with Gasteiger partial charge in [0.2, 0.25) is 3.79 Å². The van der Waals surface area contributed by atoms with Gasteiger partial charge in [0.1, 0.15) is 10.7 Å². The summed E-state index contributed by atoms with van der Waals surface area (Å²) in [6.07, 6.45) is -1.10. The minimum atomic E-state index is -1.93. The summed E-state index contributed by atoms with van der Waals surface area (Å²) in [5, 5.41) is -0.474. The highest BCUT2D eigenvalue weighted by Crippen LogP contribution is 2.41. The lowest BCUT2D eigenvalue weighted by Crippen LogP contribution is -2.08. The van der Waals surface area contributed by atoms with Crippen LogP contribution in [0.15, 0.2) is 0 Å². The fourth-order valence-electron chi connectivity index (χ4n) is 0.582. The van der Waals surface area contributed by atoms with Crippen molar-refractivity contribution in [2.75, 3.05) is 0 Å². The smallest absolute Gasteiger partial charge is 0.201 e. The van der Waals surface area contributed by atoms with Crippen molar-refractivity contribution in [1.82, 2.24) is 9.97 Å². The Morgan fingerprint density at radius 3 is 2.08 bits per heavy atom. The molecule has 0 unspecified atom stereocenters. The first-order valence-electron chi connectivity index (χ1n) is 2.78. The number of halogens is 6. The van der Waals surface area contributed by atoms with E-state index in [-0.39, 0.29) is 15.9 Å². The Bertz CT molecular complexity index is 336. The van der Waals surface area contributed by atoms with Crippen molar-refractivity contribution in [2.24, 2.45) is 0 Å². The number of aromatic nitrogens is 2. The summed E-state index contributed by atoms with van der Waals surface area (Å²) >= 11 is 27.3. The summed E-state index contributed by atoms with van der Waals surface area (Å²) < 4.78 is 10.7. The molecule has 0 aromatic carbocycles. The van der Waals surface area contributed by atoms with E-state index < -0.39 is 9.87 Å². The zero-order valence-corrected chi connectivity index (χ0v) is 9.44. The van der Waals surface area contributed by atoms with Gasteiger partial charge < -0.3 is 0 Å². The van der Waals surface area contributed by atoms with Crippen LogP contribution in [0.2, 0.25) is 10.2 Å². The molecule has 0 fully saturated rings.